The van der Waals surface area contributed by atoms with Gasteiger partial charge in [-0.1, -0.05) is 212 Å². The van der Waals surface area contributed by atoms with Gasteiger partial charge in [-0.2, -0.15) is 0 Å². The van der Waals surface area contributed by atoms with E-state index < -0.39 is 0 Å². The summed E-state index contributed by atoms with van der Waals surface area (Å²) >= 11 is 0. The smallest absolute Gasteiger partial charge is 0.119 e. The second kappa shape index (κ2) is 37.6. The van der Waals surface area contributed by atoms with Crippen molar-refractivity contribution in [1.29, 1.82) is 0 Å². The van der Waals surface area contributed by atoms with Gasteiger partial charge in [0.15, 0.2) is 0 Å². The lowest BCUT2D eigenvalue weighted by atomic mass is 9.86. The summed E-state index contributed by atoms with van der Waals surface area (Å²) in [5.41, 5.74) is 13.1. The Labute approximate surface area is 508 Å². The Kier molecular flexibility index (Phi) is 29.1. The second-order valence-corrected chi connectivity index (χ2v) is 23.0. The van der Waals surface area contributed by atoms with Gasteiger partial charge >= 0.3 is 0 Å². The molecule has 0 aliphatic rings. The van der Waals surface area contributed by atoms with Gasteiger partial charge in [-0.25, -0.2) is 0 Å². The van der Waals surface area contributed by atoms with Crippen LogP contribution < -0.4 is 28.4 Å². The summed E-state index contributed by atoms with van der Waals surface area (Å²) in [7, 11) is 0. The summed E-state index contributed by atoms with van der Waals surface area (Å²) in [4.78, 5) is 0. The number of ether oxygens (including phenoxy) is 6. The van der Waals surface area contributed by atoms with Gasteiger partial charge in [-0.05, 0) is 196 Å². The summed E-state index contributed by atoms with van der Waals surface area (Å²) in [6.07, 6.45) is 27.6. The van der Waals surface area contributed by atoms with Crippen LogP contribution in [0.4, 0.5) is 0 Å². The molecule has 0 atom stereocenters. The van der Waals surface area contributed by atoms with Crippen LogP contribution in [0.1, 0.15) is 196 Å². The Hall–Kier alpha value is -6.66. The fraction of sp³-hybridized carbons (Fsp3) is 0.462. The molecule has 6 nitrogen and oxygen atoms in total. The number of rotatable bonds is 42. The van der Waals surface area contributed by atoms with E-state index in [-0.39, 0.29) is 0 Å². The van der Waals surface area contributed by atoms with Crippen molar-refractivity contribution in [3.63, 3.8) is 0 Å². The van der Waals surface area contributed by atoms with Gasteiger partial charge < -0.3 is 28.4 Å². The number of unbranched alkanes of at least 4 members (excludes halogenated alkanes) is 18. The Bertz CT molecular complexity index is 2640. The molecule has 0 unspecified atom stereocenters. The standard InChI is InChI=1S/C78H102O6/c1-7-13-19-25-46-79-67-37-31-34-61(55-67)76-58-70(82-49-28-22-16-10-4)40-43-73(76)64-52-65(74-44-41-71(83-50-29-23-17-11-5)59-77(74)62-35-32-38-68(56-62)80-47-26-20-14-8-2)54-66(53-64)75-45-42-72(84-51-30-24-18-12-6)60-78(75)63-36-33-39-69(57-63)81-48-27-21-15-9-3/h31-45,52-60H,7-30,46-51H2,1-6H3. The second-order valence-electron chi connectivity index (χ2n) is 23.0. The van der Waals surface area contributed by atoms with Crippen LogP contribution in [0.3, 0.4) is 0 Å². The van der Waals surface area contributed by atoms with Crippen molar-refractivity contribution in [3.8, 4) is 101 Å². The van der Waals surface area contributed by atoms with Crippen LogP contribution in [0.2, 0.25) is 0 Å². The average molecular weight is 1140 g/mol. The summed E-state index contributed by atoms with van der Waals surface area (Å²) in [6, 6.07) is 53.2. The van der Waals surface area contributed by atoms with Gasteiger partial charge in [-0.3, -0.25) is 0 Å². The number of hydrogen-bond donors (Lipinski definition) is 0. The zero-order valence-electron chi connectivity index (χ0n) is 52.5. The topological polar surface area (TPSA) is 55.4 Å². The predicted molar refractivity (Wildman–Crippen MR) is 357 cm³/mol. The molecule has 0 spiro atoms. The third-order valence-corrected chi connectivity index (χ3v) is 15.9. The van der Waals surface area contributed by atoms with Gasteiger partial charge in [0.05, 0.1) is 39.6 Å². The molecule has 0 aliphatic carbocycles. The van der Waals surface area contributed by atoms with E-state index in [0.717, 1.165) is 159 Å². The summed E-state index contributed by atoms with van der Waals surface area (Å²) < 4.78 is 39.2. The SMILES string of the molecule is CCCCCCOc1cccc(-c2cc(OCCCCCC)ccc2-c2cc(-c3ccc(OCCCCCC)cc3-c3cccc(OCCCCCC)c3)cc(-c3ccc(OCCCCCC)cc3-c3cccc(OCCCCCC)c3)c2)c1. The third-order valence-electron chi connectivity index (χ3n) is 15.9. The quantitative estimate of drug-likeness (QED) is 0.0356. The molecule has 7 aromatic rings. The van der Waals surface area contributed by atoms with Gasteiger partial charge in [0.2, 0.25) is 0 Å². The van der Waals surface area contributed by atoms with Crippen molar-refractivity contribution in [3.05, 3.63) is 146 Å². The van der Waals surface area contributed by atoms with Crippen molar-refractivity contribution in [1.82, 2.24) is 0 Å². The van der Waals surface area contributed by atoms with Crippen LogP contribution in [0, 0.1) is 0 Å². The van der Waals surface area contributed by atoms with E-state index >= 15 is 0 Å². The maximum atomic E-state index is 6.60. The summed E-state index contributed by atoms with van der Waals surface area (Å²) in [5, 5.41) is 0. The molecule has 0 aliphatic heterocycles. The lowest BCUT2D eigenvalue weighted by Crippen LogP contribution is -2.00. The lowest BCUT2D eigenvalue weighted by molar-refractivity contribution is 0.304. The van der Waals surface area contributed by atoms with Gasteiger partial charge in [0, 0.05) is 0 Å². The van der Waals surface area contributed by atoms with Gasteiger partial charge in [-0.15, -0.1) is 0 Å². The molecule has 0 aromatic heterocycles. The van der Waals surface area contributed by atoms with Crippen molar-refractivity contribution in [2.75, 3.05) is 39.6 Å². The van der Waals surface area contributed by atoms with Gasteiger partial charge in [0.25, 0.3) is 0 Å². The first-order valence-electron chi connectivity index (χ1n) is 33.1. The zero-order chi connectivity index (χ0) is 58.8. The number of hydrogen-bond acceptors (Lipinski definition) is 6. The minimum Gasteiger partial charge on any atom is -0.494 e. The van der Waals surface area contributed by atoms with Gasteiger partial charge in [0.1, 0.15) is 34.5 Å². The largest absolute Gasteiger partial charge is 0.494 e. The van der Waals surface area contributed by atoms with Crippen molar-refractivity contribution < 1.29 is 28.4 Å². The molecule has 0 saturated carbocycles. The highest BCUT2D eigenvalue weighted by Crippen LogP contribution is 2.45. The maximum absolute atomic E-state index is 6.60. The Balaban J connectivity index is 1.44. The molecular formula is C78H102O6. The predicted octanol–water partition coefficient (Wildman–Crippen LogP) is 23.4. The first-order valence-corrected chi connectivity index (χ1v) is 33.1. The highest BCUT2D eigenvalue weighted by atomic mass is 16.5. The van der Waals surface area contributed by atoms with E-state index in [1.54, 1.807) is 0 Å². The third kappa shape index (κ3) is 21.1. The molecule has 0 saturated heterocycles. The normalized spacial score (nSPS) is 11.2. The Morgan fingerprint density at radius 3 is 0.643 bits per heavy atom. The molecule has 0 heterocycles. The van der Waals surface area contributed by atoms with Crippen LogP contribution in [-0.2, 0) is 0 Å². The fourth-order valence-corrected chi connectivity index (χ4v) is 11.0. The molecule has 0 fully saturated rings. The molecule has 6 heteroatoms. The van der Waals surface area contributed by atoms with Crippen LogP contribution >= 0.6 is 0 Å². The van der Waals surface area contributed by atoms with Crippen LogP contribution in [0.25, 0.3) is 66.8 Å². The molecule has 7 aromatic carbocycles. The molecule has 450 valence electrons. The molecular weight excluding hydrogens is 1030 g/mol. The highest BCUT2D eigenvalue weighted by molar-refractivity contribution is 5.95. The molecule has 0 radical (unpaired) electrons. The maximum Gasteiger partial charge on any atom is 0.119 e. The highest BCUT2D eigenvalue weighted by Gasteiger charge is 2.20. The minimum absolute atomic E-state index is 0.679. The van der Waals surface area contributed by atoms with Crippen molar-refractivity contribution in [2.45, 2.75) is 196 Å². The van der Waals surface area contributed by atoms with Crippen LogP contribution in [-0.4, -0.2) is 39.6 Å². The Morgan fingerprint density at radius 1 is 0.190 bits per heavy atom. The molecule has 0 amide bonds. The molecule has 7 rings (SSSR count). The first kappa shape index (κ1) is 64.9. The van der Waals surface area contributed by atoms with E-state index in [1.807, 2.05) is 0 Å². The summed E-state index contributed by atoms with van der Waals surface area (Å²) in [6.45, 7) is 17.6. The fourth-order valence-electron chi connectivity index (χ4n) is 11.0. The minimum atomic E-state index is 0.679. The Morgan fingerprint density at radius 2 is 0.417 bits per heavy atom. The molecule has 0 bridgehead atoms. The molecule has 0 N–H and O–H groups in total. The van der Waals surface area contributed by atoms with Crippen LogP contribution in [0.15, 0.2) is 146 Å². The monoisotopic (exact) mass is 1130 g/mol. The van der Waals surface area contributed by atoms with Crippen molar-refractivity contribution >= 4 is 0 Å². The molecule has 84 heavy (non-hydrogen) atoms. The van der Waals surface area contributed by atoms with Crippen LogP contribution in [0.5, 0.6) is 34.5 Å². The summed E-state index contributed by atoms with van der Waals surface area (Å²) in [5.74, 6) is 5.24. The first-order chi connectivity index (χ1) is 41.4. The lowest BCUT2D eigenvalue weighted by Gasteiger charge is -2.20. The van der Waals surface area contributed by atoms with E-state index in [2.05, 4.69) is 187 Å². The average Bonchev–Trinajstić information content (AvgIpc) is 3.50. The van der Waals surface area contributed by atoms with E-state index in [4.69, 9.17) is 28.4 Å². The van der Waals surface area contributed by atoms with Crippen molar-refractivity contribution in [2.24, 2.45) is 0 Å². The van der Waals surface area contributed by atoms with E-state index in [1.165, 1.54) is 96.3 Å². The van der Waals surface area contributed by atoms with E-state index in [9.17, 15) is 0 Å². The van der Waals surface area contributed by atoms with E-state index in [0.29, 0.717) is 39.6 Å². The zero-order valence-corrected chi connectivity index (χ0v) is 52.5. The number of benzene rings is 7.